The van der Waals surface area contributed by atoms with Gasteiger partial charge in [-0.3, -0.25) is 4.79 Å². The molecule has 1 unspecified atom stereocenters. The smallest absolute Gasteiger partial charge is 0.229 e. The van der Waals surface area contributed by atoms with E-state index in [1.807, 2.05) is 24.3 Å². The van der Waals surface area contributed by atoms with E-state index >= 15 is 0 Å². The molecule has 192 valence electrons. The molecule has 37 heavy (non-hydrogen) atoms. The van der Waals surface area contributed by atoms with Gasteiger partial charge in [-0.25, -0.2) is 0 Å². The summed E-state index contributed by atoms with van der Waals surface area (Å²) in [5.41, 5.74) is 4.78. The highest BCUT2D eigenvalue weighted by molar-refractivity contribution is 6.04. The van der Waals surface area contributed by atoms with Crippen molar-refractivity contribution in [2.75, 3.05) is 11.9 Å². The molecule has 1 aliphatic carbocycles. The van der Waals surface area contributed by atoms with Gasteiger partial charge < -0.3 is 35.2 Å². The van der Waals surface area contributed by atoms with Crippen LogP contribution in [0.5, 0.6) is 5.75 Å². The predicted octanol–water partition coefficient (Wildman–Crippen LogP) is 2.58. The summed E-state index contributed by atoms with van der Waals surface area (Å²) in [6, 6.07) is 19.6. The number of anilines is 1. The number of Topliss-reactive ketones (excluding diaryl/α,β-unsaturated/α-hetero) is 1. The van der Waals surface area contributed by atoms with Gasteiger partial charge in [0.1, 0.15) is 30.2 Å². The molecule has 8 nitrogen and oxygen atoms in total. The molecule has 6 atom stereocenters. The molecule has 1 fully saturated rings. The van der Waals surface area contributed by atoms with Crippen LogP contribution in [0.15, 0.2) is 71.9 Å². The molecule has 0 spiro atoms. The molecule has 0 amide bonds. The normalized spacial score (nSPS) is 29.5. The van der Waals surface area contributed by atoms with Crippen LogP contribution in [0.4, 0.5) is 5.69 Å². The highest BCUT2D eigenvalue weighted by Crippen LogP contribution is 2.47. The zero-order valence-corrected chi connectivity index (χ0v) is 20.1. The van der Waals surface area contributed by atoms with Gasteiger partial charge in [-0.1, -0.05) is 48.5 Å². The Morgan fingerprint density at radius 1 is 0.919 bits per heavy atom. The molecule has 5 N–H and O–H groups in total. The molecule has 8 heteroatoms. The number of ether oxygens (including phenoxy) is 2. The van der Waals surface area contributed by atoms with E-state index in [0.717, 1.165) is 51.7 Å². The monoisotopic (exact) mass is 503 g/mol. The van der Waals surface area contributed by atoms with Gasteiger partial charge in [-0.2, -0.15) is 0 Å². The van der Waals surface area contributed by atoms with Crippen molar-refractivity contribution in [3.8, 4) is 5.75 Å². The van der Waals surface area contributed by atoms with Gasteiger partial charge in [0, 0.05) is 29.0 Å². The number of ketones is 1. The van der Waals surface area contributed by atoms with Crippen molar-refractivity contribution in [1.82, 2.24) is 0 Å². The van der Waals surface area contributed by atoms with Gasteiger partial charge in [-0.05, 0) is 41.5 Å². The largest absolute Gasteiger partial charge is 0.462 e. The van der Waals surface area contributed by atoms with Crippen LogP contribution in [0.1, 0.15) is 36.3 Å². The molecule has 2 aliphatic heterocycles. The van der Waals surface area contributed by atoms with Crippen molar-refractivity contribution < 1.29 is 34.7 Å². The molecule has 0 radical (unpaired) electrons. The molecule has 3 aromatic carbocycles. The first-order valence-electron chi connectivity index (χ1n) is 12.6. The number of fused-ring (bicyclic) bond motifs is 3. The standard InChI is InChI=1S/C29H29NO7/c31-14-22-26(33)27(34)28(35)29(37-22)36-17-11-8-16(9-12-17)23-19-13-10-15-4-1-2-5-18(15)25(19)30-20-6-3-7-21(32)24(20)23/h1-2,4-5,8-13,22-23,26-31,33-35H,3,6-7,14H2/t22-,23?,26-,27-,28-,29-/m1/s1. The van der Waals surface area contributed by atoms with Crippen molar-refractivity contribution >= 4 is 22.2 Å². The fourth-order valence-electron chi connectivity index (χ4n) is 5.69. The van der Waals surface area contributed by atoms with Crippen LogP contribution in [0, 0.1) is 0 Å². The van der Waals surface area contributed by atoms with Crippen LogP contribution >= 0.6 is 0 Å². The van der Waals surface area contributed by atoms with Crippen molar-refractivity contribution in [1.29, 1.82) is 0 Å². The Bertz CT molecular complexity index is 1370. The van der Waals surface area contributed by atoms with Crippen LogP contribution in [-0.2, 0) is 9.53 Å². The van der Waals surface area contributed by atoms with Crippen LogP contribution in [0.25, 0.3) is 10.8 Å². The third kappa shape index (κ3) is 4.11. The summed E-state index contributed by atoms with van der Waals surface area (Å²) in [5.74, 6) is 0.300. The summed E-state index contributed by atoms with van der Waals surface area (Å²) in [5, 5.41) is 45.6. The van der Waals surface area contributed by atoms with Crippen LogP contribution in [-0.4, -0.2) is 63.5 Å². The maximum Gasteiger partial charge on any atom is 0.229 e. The van der Waals surface area contributed by atoms with Crippen LogP contribution < -0.4 is 10.1 Å². The minimum Gasteiger partial charge on any atom is -0.462 e. The molecule has 3 aliphatic rings. The van der Waals surface area contributed by atoms with Crippen molar-refractivity contribution in [2.45, 2.75) is 55.9 Å². The average molecular weight is 504 g/mol. The van der Waals surface area contributed by atoms with Crippen molar-refractivity contribution in [2.24, 2.45) is 0 Å². The molecule has 0 bridgehead atoms. The topological polar surface area (TPSA) is 128 Å². The lowest BCUT2D eigenvalue weighted by atomic mass is 9.75. The minimum atomic E-state index is -1.51. The maximum atomic E-state index is 13.1. The molecular weight excluding hydrogens is 474 g/mol. The van der Waals surface area contributed by atoms with E-state index in [0.29, 0.717) is 12.2 Å². The molecular formula is C29H29NO7. The van der Waals surface area contributed by atoms with Gasteiger partial charge in [0.05, 0.1) is 12.3 Å². The number of carbonyl (C=O) groups is 1. The van der Waals surface area contributed by atoms with E-state index in [2.05, 4.69) is 29.6 Å². The van der Waals surface area contributed by atoms with E-state index in [1.54, 1.807) is 12.1 Å². The molecule has 1 saturated heterocycles. The van der Waals surface area contributed by atoms with Crippen molar-refractivity contribution in [3.05, 3.63) is 83.1 Å². The highest BCUT2D eigenvalue weighted by atomic mass is 16.7. The van der Waals surface area contributed by atoms with Gasteiger partial charge in [0.25, 0.3) is 0 Å². The third-order valence-electron chi connectivity index (χ3n) is 7.61. The number of aliphatic hydroxyl groups is 4. The number of hydrogen-bond donors (Lipinski definition) is 5. The first-order valence-corrected chi connectivity index (χ1v) is 12.6. The lowest BCUT2D eigenvalue weighted by Gasteiger charge is -2.39. The minimum absolute atomic E-state index is 0.152. The average Bonchev–Trinajstić information content (AvgIpc) is 2.93. The van der Waals surface area contributed by atoms with Crippen molar-refractivity contribution in [3.63, 3.8) is 0 Å². The molecule has 0 aromatic heterocycles. The Kier molecular flexibility index (Phi) is 6.22. The van der Waals surface area contributed by atoms with E-state index in [1.165, 1.54) is 0 Å². The van der Waals surface area contributed by atoms with Gasteiger partial charge in [0.2, 0.25) is 6.29 Å². The molecule has 3 aromatic rings. The molecule has 2 heterocycles. The Labute approximate surface area is 213 Å². The van der Waals surface area contributed by atoms with Crippen LogP contribution in [0.2, 0.25) is 0 Å². The number of allylic oxidation sites excluding steroid dienone is 2. The second kappa shape index (κ2) is 9.55. The summed E-state index contributed by atoms with van der Waals surface area (Å²) in [6.45, 7) is -0.529. The Hall–Kier alpha value is -3.27. The summed E-state index contributed by atoms with van der Waals surface area (Å²) < 4.78 is 11.2. The first-order chi connectivity index (χ1) is 18.0. The van der Waals surface area contributed by atoms with E-state index < -0.39 is 37.3 Å². The molecule has 0 saturated carbocycles. The van der Waals surface area contributed by atoms with Gasteiger partial charge >= 0.3 is 0 Å². The van der Waals surface area contributed by atoms with E-state index in [-0.39, 0.29) is 11.7 Å². The van der Waals surface area contributed by atoms with Crippen LogP contribution in [0.3, 0.4) is 0 Å². The fraction of sp³-hybridized carbons (Fsp3) is 0.345. The number of carbonyl (C=O) groups excluding carboxylic acids is 1. The third-order valence-corrected chi connectivity index (χ3v) is 7.61. The summed E-state index contributed by atoms with van der Waals surface area (Å²) in [7, 11) is 0. The SMILES string of the molecule is O=C1CCCC2=C1C(c1ccc(O[C@@H]3O[C@H](CO)[C@@H](O)[C@@H](O)[C@H]3O)cc1)c1ccc3ccccc3c1N2. The summed E-state index contributed by atoms with van der Waals surface area (Å²) in [4.78, 5) is 13.1. The zero-order chi connectivity index (χ0) is 25.7. The fourth-order valence-corrected chi connectivity index (χ4v) is 5.69. The Morgan fingerprint density at radius 2 is 1.70 bits per heavy atom. The number of hydrogen-bond acceptors (Lipinski definition) is 8. The van der Waals surface area contributed by atoms with Gasteiger partial charge in [-0.15, -0.1) is 0 Å². The lowest BCUT2D eigenvalue weighted by Crippen LogP contribution is -2.60. The van der Waals surface area contributed by atoms with E-state index in [4.69, 9.17) is 9.47 Å². The predicted molar refractivity (Wildman–Crippen MR) is 136 cm³/mol. The second-order valence-electron chi connectivity index (χ2n) is 9.86. The molecule has 6 rings (SSSR count). The summed E-state index contributed by atoms with van der Waals surface area (Å²) in [6.07, 6.45) is -4.60. The lowest BCUT2D eigenvalue weighted by molar-refractivity contribution is -0.277. The summed E-state index contributed by atoms with van der Waals surface area (Å²) >= 11 is 0. The number of benzene rings is 3. The number of aliphatic hydroxyl groups excluding tert-OH is 4. The van der Waals surface area contributed by atoms with Gasteiger partial charge in [0.15, 0.2) is 5.78 Å². The quantitative estimate of drug-likeness (QED) is 0.368. The second-order valence-corrected chi connectivity index (χ2v) is 9.86. The maximum absolute atomic E-state index is 13.1. The van der Waals surface area contributed by atoms with E-state index in [9.17, 15) is 25.2 Å². The zero-order valence-electron chi connectivity index (χ0n) is 20.1. The first kappa shape index (κ1) is 24.1. The Morgan fingerprint density at radius 3 is 2.49 bits per heavy atom. The highest BCUT2D eigenvalue weighted by Gasteiger charge is 2.44. The number of rotatable bonds is 4. The number of nitrogens with one attached hydrogen (secondary N) is 1. The Balaban J connectivity index is 1.35.